The molecule has 1 heteroatoms. The lowest BCUT2D eigenvalue weighted by atomic mass is 9.69. The molecule has 1 saturated carbocycles. The number of hydrogen-bond donors (Lipinski definition) is 1. The molecule has 0 saturated heterocycles. The summed E-state index contributed by atoms with van der Waals surface area (Å²) >= 11 is 0. The maximum atomic E-state index is 3.75. The van der Waals surface area contributed by atoms with Crippen LogP contribution in [0, 0.1) is 5.92 Å². The maximum Gasteiger partial charge on any atom is 0.0377 e. The van der Waals surface area contributed by atoms with E-state index < -0.39 is 0 Å². The minimum atomic E-state index is 0.709. The molecular formula is C15H21N. The summed E-state index contributed by atoms with van der Waals surface area (Å²) < 4.78 is 0. The summed E-state index contributed by atoms with van der Waals surface area (Å²) in [5, 5.41) is 3.75. The van der Waals surface area contributed by atoms with Gasteiger partial charge < -0.3 is 5.32 Å². The molecule has 1 heterocycles. The second-order valence-electron chi connectivity index (χ2n) is 5.30. The van der Waals surface area contributed by atoms with E-state index in [1.54, 1.807) is 5.56 Å². The third kappa shape index (κ3) is 1.53. The minimum absolute atomic E-state index is 0.709. The van der Waals surface area contributed by atoms with Gasteiger partial charge in [-0.15, -0.1) is 0 Å². The summed E-state index contributed by atoms with van der Waals surface area (Å²) in [6.45, 7) is 2.32. The van der Waals surface area contributed by atoms with Crippen molar-refractivity contribution in [1.82, 2.24) is 0 Å². The number of hydrogen-bond acceptors (Lipinski definition) is 1. The Morgan fingerprint density at radius 3 is 2.88 bits per heavy atom. The number of nitrogens with one attached hydrogen (secondary N) is 1. The Balaban J connectivity index is 2.00. The minimum Gasteiger partial charge on any atom is -0.382 e. The van der Waals surface area contributed by atoms with Gasteiger partial charge in [-0.2, -0.15) is 0 Å². The van der Waals surface area contributed by atoms with Crippen molar-refractivity contribution in [2.45, 2.75) is 51.0 Å². The Morgan fingerprint density at radius 2 is 2.00 bits per heavy atom. The second kappa shape index (κ2) is 4.12. The van der Waals surface area contributed by atoms with Crippen molar-refractivity contribution in [3.8, 4) is 0 Å². The molecule has 0 spiro atoms. The highest BCUT2D eigenvalue weighted by Crippen LogP contribution is 2.46. The fourth-order valence-electron chi connectivity index (χ4n) is 3.69. The van der Waals surface area contributed by atoms with Crippen LogP contribution in [0.2, 0.25) is 0 Å². The highest BCUT2D eigenvalue weighted by atomic mass is 14.9. The zero-order chi connectivity index (χ0) is 11.0. The molecule has 1 aromatic carbocycles. The fourth-order valence-corrected chi connectivity index (χ4v) is 3.69. The Morgan fingerprint density at radius 1 is 1.19 bits per heavy atom. The Hall–Kier alpha value is -0.980. The summed E-state index contributed by atoms with van der Waals surface area (Å²) in [7, 11) is 0. The Labute approximate surface area is 98.3 Å². The molecule has 0 radical (unpaired) electrons. The summed E-state index contributed by atoms with van der Waals surface area (Å²) in [4.78, 5) is 0. The molecule has 1 nitrogen and oxygen atoms in total. The maximum absolute atomic E-state index is 3.75. The third-order valence-electron chi connectivity index (χ3n) is 4.48. The molecule has 1 N–H and O–H groups in total. The lowest BCUT2D eigenvalue weighted by molar-refractivity contribution is 0.260. The van der Waals surface area contributed by atoms with Crippen molar-refractivity contribution in [2.75, 3.05) is 5.32 Å². The number of para-hydroxylation sites is 1. The first-order chi connectivity index (χ1) is 7.90. The van der Waals surface area contributed by atoms with E-state index in [0.29, 0.717) is 6.04 Å². The predicted molar refractivity (Wildman–Crippen MR) is 68.8 cm³/mol. The molecule has 16 heavy (non-hydrogen) atoms. The fraction of sp³-hybridized carbons (Fsp3) is 0.600. The van der Waals surface area contributed by atoms with Crippen molar-refractivity contribution in [3.05, 3.63) is 29.8 Å². The molecule has 0 bridgehead atoms. The van der Waals surface area contributed by atoms with E-state index in [-0.39, 0.29) is 0 Å². The van der Waals surface area contributed by atoms with Gasteiger partial charge in [0.2, 0.25) is 0 Å². The summed E-state index contributed by atoms with van der Waals surface area (Å²) in [5.41, 5.74) is 2.98. The van der Waals surface area contributed by atoms with E-state index in [9.17, 15) is 0 Å². The van der Waals surface area contributed by atoms with Crippen LogP contribution in [0.4, 0.5) is 5.69 Å². The Kier molecular flexibility index (Phi) is 2.62. The number of anilines is 1. The molecule has 0 amide bonds. The molecule has 0 aromatic heterocycles. The van der Waals surface area contributed by atoms with E-state index in [4.69, 9.17) is 0 Å². The van der Waals surface area contributed by atoms with Crippen LogP contribution in [0.5, 0.6) is 0 Å². The van der Waals surface area contributed by atoms with Crippen LogP contribution in [0.1, 0.15) is 50.5 Å². The van der Waals surface area contributed by atoms with Gasteiger partial charge in [-0.05, 0) is 42.7 Å². The number of benzene rings is 1. The molecule has 3 atom stereocenters. The van der Waals surface area contributed by atoms with Crippen molar-refractivity contribution in [3.63, 3.8) is 0 Å². The van der Waals surface area contributed by atoms with Crippen LogP contribution < -0.4 is 5.32 Å². The van der Waals surface area contributed by atoms with Crippen molar-refractivity contribution >= 4 is 5.69 Å². The molecular weight excluding hydrogens is 194 g/mol. The summed E-state index contributed by atoms with van der Waals surface area (Å²) in [6.07, 6.45) is 6.94. The smallest absolute Gasteiger partial charge is 0.0377 e. The number of rotatable bonds is 1. The summed E-state index contributed by atoms with van der Waals surface area (Å²) in [6, 6.07) is 9.64. The average Bonchev–Trinajstić information content (AvgIpc) is 2.38. The third-order valence-corrected chi connectivity index (χ3v) is 4.48. The van der Waals surface area contributed by atoms with Gasteiger partial charge in [0.1, 0.15) is 0 Å². The first-order valence-corrected chi connectivity index (χ1v) is 6.75. The molecule has 1 fully saturated rings. The molecule has 3 rings (SSSR count). The summed E-state index contributed by atoms with van der Waals surface area (Å²) in [5.74, 6) is 1.71. The largest absolute Gasteiger partial charge is 0.382 e. The standard InChI is InChI=1S/C15H21N/c1-2-14-12-8-4-3-7-11(12)13-9-5-6-10-15(13)16-14/h5-6,9-12,14,16H,2-4,7-8H2,1H3. The van der Waals surface area contributed by atoms with Crippen LogP contribution in [-0.4, -0.2) is 6.04 Å². The molecule has 1 aliphatic carbocycles. The first-order valence-electron chi connectivity index (χ1n) is 6.75. The van der Waals surface area contributed by atoms with Crippen molar-refractivity contribution in [2.24, 2.45) is 5.92 Å². The zero-order valence-electron chi connectivity index (χ0n) is 10.1. The molecule has 1 aromatic rings. The second-order valence-corrected chi connectivity index (χ2v) is 5.30. The van der Waals surface area contributed by atoms with Gasteiger partial charge in [0, 0.05) is 11.7 Å². The lowest BCUT2D eigenvalue weighted by Crippen LogP contribution is -2.39. The molecule has 2 aliphatic rings. The van der Waals surface area contributed by atoms with Crippen LogP contribution in [0.15, 0.2) is 24.3 Å². The first kappa shape index (κ1) is 10.2. The van der Waals surface area contributed by atoms with Gasteiger partial charge in [0.05, 0.1) is 0 Å². The van der Waals surface area contributed by atoms with E-state index in [1.807, 2.05) is 0 Å². The SMILES string of the molecule is CCC1Nc2ccccc2C2CCCCC12. The topological polar surface area (TPSA) is 12.0 Å². The van der Waals surface area contributed by atoms with Crippen LogP contribution in [0.3, 0.4) is 0 Å². The van der Waals surface area contributed by atoms with E-state index in [1.165, 1.54) is 37.8 Å². The van der Waals surface area contributed by atoms with Crippen LogP contribution >= 0.6 is 0 Å². The van der Waals surface area contributed by atoms with Gasteiger partial charge in [0.25, 0.3) is 0 Å². The predicted octanol–water partition coefficient (Wildman–Crippen LogP) is 4.16. The highest BCUT2D eigenvalue weighted by molar-refractivity contribution is 5.56. The van der Waals surface area contributed by atoms with E-state index >= 15 is 0 Å². The van der Waals surface area contributed by atoms with Gasteiger partial charge >= 0.3 is 0 Å². The van der Waals surface area contributed by atoms with Crippen LogP contribution in [0.25, 0.3) is 0 Å². The van der Waals surface area contributed by atoms with E-state index in [0.717, 1.165) is 11.8 Å². The number of fused-ring (bicyclic) bond motifs is 3. The van der Waals surface area contributed by atoms with Gasteiger partial charge in [0.15, 0.2) is 0 Å². The highest BCUT2D eigenvalue weighted by Gasteiger charge is 2.36. The van der Waals surface area contributed by atoms with E-state index in [2.05, 4.69) is 36.5 Å². The van der Waals surface area contributed by atoms with Gasteiger partial charge in [-0.3, -0.25) is 0 Å². The molecule has 1 aliphatic heterocycles. The molecule has 86 valence electrons. The normalized spacial score (nSPS) is 32.4. The van der Waals surface area contributed by atoms with Crippen LogP contribution in [-0.2, 0) is 0 Å². The Bertz CT molecular complexity index is 371. The van der Waals surface area contributed by atoms with Gasteiger partial charge in [-0.1, -0.05) is 38.0 Å². The van der Waals surface area contributed by atoms with Gasteiger partial charge in [-0.25, -0.2) is 0 Å². The lowest BCUT2D eigenvalue weighted by Gasteiger charge is -2.43. The zero-order valence-corrected chi connectivity index (χ0v) is 10.1. The van der Waals surface area contributed by atoms with Crippen molar-refractivity contribution < 1.29 is 0 Å². The van der Waals surface area contributed by atoms with Crippen molar-refractivity contribution in [1.29, 1.82) is 0 Å². The molecule has 3 unspecified atom stereocenters. The monoisotopic (exact) mass is 215 g/mol. The average molecular weight is 215 g/mol. The quantitative estimate of drug-likeness (QED) is 0.741.